The topological polar surface area (TPSA) is 43.1 Å². The van der Waals surface area contributed by atoms with Crippen LogP contribution in [0.5, 0.6) is 0 Å². The van der Waals surface area contributed by atoms with Gasteiger partial charge in [-0.2, -0.15) is 0 Å². The van der Waals surface area contributed by atoms with Gasteiger partial charge >= 0.3 is 0 Å². The molecule has 0 aliphatic heterocycles. The predicted molar refractivity (Wildman–Crippen MR) is 72.2 cm³/mol. The summed E-state index contributed by atoms with van der Waals surface area (Å²) < 4.78 is 0. The number of nitrogens with two attached hydrogens (primary N) is 1. The van der Waals surface area contributed by atoms with Gasteiger partial charge in [-0.3, -0.25) is 4.79 Å². The smallest absolute Gasteiger partial charge is 0.164 e. The lowest BCUT2D eigenvalue weighted by Gasteiger charge is -2.17. The molecule has 2 heteroatoms. The molecular weight excluding hydrogens is 210 g/mol. The zero-order chi connectivity index (χ0) is 13.1. The fraction of sp³-hybridized carbons (Fsp3) is 0.533. The summed E-state index contributed by atoms with van der Waals surface area (Å²) >= 11 is 0. The van der Waals surface area contributed by atoms with E-state index in [1.807, 2.05) is 38.1 Å². The number of rotatable bonds is 5. The molecule has 0 heterocycles. The Bertz CT molecular complexity index is 371. The second-order valence-electron chi connectivity index (χ2n) is 5.88. The second kappa shape index (κ2) is 5.46. The van der Waals surface area contributed by atoms with Crippen LogP contribution in [-0.4, -0.2) is 11.3 Å². The van der Waals surface area contributed by atoms with Crippen LogP contribution in [-0.2, 0) is 6.42 Å². The summed E-state index contributed by atoms with van der Waals surface area (Å²) in [6.07, 6.45) is 1.44. The minimum Gasteiger partial charge on any atom is -0.325 e. The van der Waals surface area contributed by atoms with Crippen molar-refractivity contribution in [2.24, 2.45) is 11.7 Å². The molecule has 1 aromatic carbocycles. The van der Waals surface area contributed by atoms with Crippen LogP contribution < -0.4 is 5.73 Å². The van der Waals surface area contributed by atoms with E-state index in [-0.39, 0.29) is 5.78 Å². The van der Waals surface area contributed by atoms with Crippen molar-refractivity contribution in [2.75, 3.05) is 0 Å². The maximum atomic E-state index is 11.9. The molecule has 0 unspecified atom stereocenters. The third-order valence-electron chi connectivity index (χ3n) is 2.54. The van der Waals surface area contributed by atoms with Crippen LogP contribution in [0.4, 0.5) is 0 Å². The molecule has 0 bridgehead atoms. The van der Waals surface area contributed by atoms with E-state index < -0.39 is 5.54 Å². The van der Waals surface area contributed by atoms with E-state index in [9.17, 15) is 4.79 Å². The van der Waals surface area contributed by atoms with Crippen molar-refractivity contribution >= 4 is 5.78 Å². The Kier molecular flexibility index (Phi) is 4.47. The molecule has 0 radical (unpaired) electrons. The Morgan fingerprint density at radius 1 is 1.24 bits per heavy atom. The zero-order valence-electron chi connectivity index (χ0n) is 11.3. The molecule has 0 saturated carbocycles. The Morgan fingerprint density at radius 2 is 1.76 bits per heavy atom. The molecule has 0 fully saturated rings. The van der Waals surface area contributed by atoms with E-state index >= 15 is 0 Å². The number of hydrogen-bond donors (Lipinski definition) is 1. The SMILES string of the molecule is CC(C)Cc1ccc(C(=O)CC(C)(C)N)cc1. The predicted octanol–water partition coefficient (Wildman–Crippen LogP) is 3.20. The molecule has 0 amide bonds. The van der Waals surface area contributed by atoms with Gasteiger partial charge in [0.05, 0.1) is 0 Å². The fourth-order valence-electron chi connectivity index (χ4n) is 1.81. The molecule has 0 saturated heterocycles. The number of hydrogen-bond acceptors (Lipinski definition) is 2. The van der Waals surface area contributed by atoms with Crippen LogP contribution in [0, 0.1) is 5.92 Å². The summed E-state index contributed by atoms with van der Waals surface area (Å²) in [6.45, 7) is 8.13. The molecule has 0 aliphatic carbocycles. The number of carbonyl (C=O) groups is 1. The molecule has 0 aliphatic rings. The van der Waals surface area contributed by atoms with Crippen LogP contribution in [0.2, 0.25) is 0 Å². The molecule has 0 aromatic heterocycles. The lowest BCUT2D eigenvalue weighted by Crippen LogP contribution is -2.34. The van der Waals surface area contributed by atoms with Crippen molar-refractivity contribution in [1.29, 1.82) is 0 Å². The number of carbonyl (C=O) groups excluding carboxylic acids is 1. The third kappa shape index (κ3) is 5.14. The molecule has 0 spiro atoms. The van der Waals surface area contributed by atoms with Gasteiger partial charge in [0.1, 0.15) is 0 Å². The van der Waals surface area contributed by atoms with Crippen LogP contribution in [0.1, 0.15) is 50.0 Å². The van der Waals surface area contributed by atoms with Crippen molar-refractivity contribution < 1.29 is 4.79 Å². The first-order chi connectivity index (χ1) is 7.78. The molecule has 2 nitrogen and oxygen atoms in total. The first-order valence-electron chi connectivity index (χ1n) is 6.19. The quantitative estimate of drug-likeness (QED) is 0.794. The molecule has 2 N–H and O–H groups in total. The Hall–Kier alpha value is -1.15. The first kappa shape index (κ1) is 13.9. The maximum absolute atomic E-state index is 11.9. The average molecular weight is 233 g/mol. The van der Waals surface area contributed by atoms with Gasteiger partial charge in [-0.25, -0.2) is 0 Å². The first-order valence-corrected chi connectivity index (χ1v) is 6.19. The van der Waals surface area contributed by atoms with Crippen molar-refractivity contribution in [3.63, 3.8) is 0 Å². The van der Waals surface area contributed by atoms with E-state index in [0.29, 0.717) is 12.3 Å². The van der Waals surface area contributed by atoms with Gasteiger partial charge in [0.2, 0.25) is 0 Å². The summed E-state index contributed by atoms with van der Waals surface area (Å²) in [6, 6.07) is 7.89. The number of Topliss-reactive ketones (excluding diaryl/α,β-unsaturated/α-hetero) is 1. The van der Waals surface area contributed by atoms with Gasteiger partial charge in [0.25, 0.3) is 0 Å². The monoisotopic (exact) mass is 233 g/mol. The Balaban J connectivity index is 2.71. The summed E-state index contributed by atoms with van der Waals surface area (Å²) in [7, 11) is 0. The molecule has 1 rings (SSSR count). The molecular formula is C15H23NO. The fourth-order valence-corrected chi connectivity index (χ4v) is 1.81. The number of benzene rings is 1. The van der Waals surface area contributed by atoms with Gasteiger partial charge in [0.15, 0.2) is 5.78 Å². The maximum Gasteiger partial charge on any atom is 0.164 e. The van der Waals surface area contributed by atoms with Gasteiger partial charge in [-0.05, 0) is 31.7 Å². The summed E-state index contributed by atoms with van der Waals surface area (Å²) in [4.78, 5) is 11.9. The largest absolute Gasteiger partial charge is 0.325 e. The molecule has 0 atom stereocenters. The average Bonchev–Trinajstić information content (AvgIpc) is 2.15. The molecule has 17 heavy (non-hydrogen) atoms. The highest BCUT2D eigenvalue weighted by atomic mass is 16.1. The highest BCUT2D eigenvalue weighted by Crippen LogP contribution is 2.14. The van der Waals surface area contributed by atoms with Crippen molar-refractivity contribution in [1.82, 2.24) is 0 Å². The second-order valence-corrected chi connectivity index (χ2v) is 5.88. The van der Waals surface area contributed by atoms with E-state index in [0.717, 1.165) is 12.0 Å². The van der Waals surface area contributed by atoms with E-state index in [1.54, 1.807) is 0 Å². The van der Waals surface area contributed by atoms with Crippen molar-refractivity contribution in [2.45, 2.75) is 46.1 Å². The number of ketones is 1. The standard InChI is InChI=1S/C15H23NO/c1-11(2)9-12-5-7-13(8-6-12)14(17)10-15(3,4)16/h5-8,11H,9-10,16H2,1-4H3. The lowest BCUT2D eigenvalue weighted by atomic mass is 9.94. The lowest BCUT2D eigenvalue weighted by molar-refractivity contribution is 0.0960. The van der Waals surface area contributed by atoms with Crippen LogP contribution in [0.15, 0.2) is 24.3 Å². The Labute approximate surface area is 104 Å². The highest BCUT2D eigenvalue weighted by molar-refractivity contribution is 5.96. The van der Waals surface area contributed by atoms with Gasteiger partial charge < -0.3 is 5.73 Å². The minimum absolute atomic E-state index is 0.119. The zero-order valence-corrected chi connectivity index (χ0v) is 11.3. The minimum atomic E-state index is -0.437. The van der Waals surface area contributed by atoms with Crippen LogP contribution in [0.3, 0.4) is 0 Å². The normalized spacial score (nSPS) is 11.9. The Morgan fingerprint density at radius 3 is 2.18 bits per heavy atom. The molecule has 94 valence electrons. The highest BCUT2D eigenvalue weighted by Gasteiger charge is 2.17. The van der Waals surface area contributed by atoms with Crippen molar-refractivity contribution in [3.05, 3.63) is 35.4 Å². The van der Waals surface area contributed by atoms with E-state index in [1.165, 1.54) is 5.56 Å². The van der Waals surface area contributed by atoms with Crippen LogP contribution >= 0.6 is 0 Å². The van der Waals surface area contributed by atoms with E-state index in [2.05, 4.69) is 13.8 Å². The third-order valence-corrected chi connectivity index (χ3v) is 2.54. The van der Waals surface area contributed by atoms with Gasteiger partial charge in [0, 0.05) is 17.5 Å². The van der Waals surface area contributed by atoms with Crippen LogP contribution in [0.25, 0.3) is 0 Å². The van der Waals surface area contributed by atoms with Gasteiger partial charge in [-0.1, -0.05) is 38.1 Å². The molecule has 1 aromatic rings. The summed E-state index contributed by atoms with van der Waals surface area (Å²) in [5.74, 6) is 0.758. The van der Waals surface area contributed by atoms with E-state index in [4.69, 9.17) is 5.73 Å². The van der Waals surface area contributed by atoms with Crippen molar-refractivity contribution in [3.8, 4) is 0 Å². The summed E-state index contributed by atoms with van der Waals surface area (Å²) in [5.41, 5.74) is 7.45. The van der Waals surface area contributed by atoms with Gasteiger partial charge in [-0.15, -0.1) is 0 Å². The summed E-state index contributed by atoms with van der Waals surface area (Å²) in [5, 5.41) is 0.